The molecule has 0 aromatic heterocycles. The zero-order valence-electron chi connectivity index (χ0n) is 8.72. The van der Waals surface area contributed by atoms with E-state index in [1.807, 2.05) is 0 Å². The SMILES string of the molecule is C[Si](C)(C)OC12CCCC1C(=O)C2. The lowest BCUT2D eigenvalue weighted by Crippen LogP contribution is -2.57. The Morgan fingerprint density at radius 1 is 1.46 bits per heavy atom. The molecule has 2 aliphatic carbocycles. The van der Waals surface area contributed by atoms with Crippen LogP contribution in [-0.4, -0.2) is 19.7 Å². The Labute approximate surface area is 80.8 Å². The lowest BCUT2D eigenvalue weighted by atomic mass is 9.71. The van der Waals surface area contributed by atoms with Gasteiger partial charge in [0.25, 0.3) is 0 Å². The molecule has 0 heterocycles. The van der Waals surface area contributed by atoms with Gasteiger partial charge in [0.1, 0.15) is 5.78 Å². The van der Waals surface area contributed by atoms with Crippen LogP contribution in [0.1, 0.15) is 25.7 Å². The Morgan fingerprint density at radius 2 is 2.15 bits per heavy atom. The van der Waals surface area contributed by atoms with Crippen LogP contribution in [0.5, 0.6) is 0 Å². The fourth-order valence-electron chi connectivity index (χ4n) is 2.76. The molecule has 2 unspecified atom stereocenters. The van der Waals surface area contributed by atoms with Crippen LogP contribution >= 0.6 is 0 Å². The minimum atomic E-state index is -1.47. The number of carbonyl (C=O) groups is 1. The Morgan fingerprint density at radius 3 is 2.69 bits per heavy atom. The molecule has 0 aromatic carbocycles. The average Bonchev–Trinajstić information content (AvgIpc) is 2.23. The van der Waals surface area contributed by atoms with Gasteiger partial charge in [-0.1, -0.05) is 0 Å². The van der Waals surface area contributed by atoms with Gasteiger partial charge in [-0.15, -0.1) is 0 Å². The molecule has 2 fully saturated rings. The summed E-state index contributed by atoms with van der Waals surface area (Å²) >= 11 is 0. The number of rotatable bonds is 2. The molecule has 0 bridgehead atoms. The maximum atomic E-state index is 11.3. The van der Waals surface area contributed by atoms with Gasteiger partial charge in [-0.05, 0) is 38.9 Å². The van der Waals surface area contributed by atoms with Crippen molar-refractivity contribution in [1.29, 1.82) is 0 Å². The van der Waals surface area contributed by atoms with Crippen LogP contribution in [0, 0.1) is 5.92 Å². The van der Waals surface area contributed by atoms with E-state index in [1.165, 1.54) is 6.42 Å². The summed E-state index contributed by atoms with van der Waals surface area (Å²) in [6.07, 6.45) is 4.07. The first kappa shape index (κ1) is 9.40. The average molecular weight is 198 g/mol. The molecule has 0 amide bonds. The third-order valence-corrected chi connectivity index (χ3v) is 4.12. The Hall–Kier alpha value is -0.153. The molecule has 0 aliphatic heterocycles. The zero-order valence-corrected chi connectivity index (χ0v) is 9.72. The maximum Gasteiger partial charge on any atom is 0.184 e. The van der Waals surface area contributed by atoms with E-state index in [0.29, 0.717) is 12.2 Å². The molecule has 13 heavy (non-hydrogen) atoms. The van der Waals surface area contributed by atoms with E-state index in [2.05, 4.69) is 19.6 Å². The van der Waals surface area contributed by atoms with E-state index in [4.69, 9.17) is 4.43 Å². The number of fused-ring (bicyclic) bond motifs is 1. The van der Waals surface area contributed by atoms with Gasteiger partial charge in [0.15, 0.2) is 8.32 Å². The quantitative estimate of drug-likeness (QED) is 0.637. The summed E-state index contributed by atoms with van der Waals surface area (Å²) in [6, 6.07) is 0. The molecule has 2 aliphatic rings. The molecular weight excluding hydrogens is 180 g/mol. The molecule has 74 valence electrons. The second-order valence-corrected chi connectivity index (χ2v) is 9.80. The van der Waals surface area contributed by atoms with Crippen LogP contribution in [-0.2, 0) is 9.22 Å². The minimum Gasteiger partial charge on any atom is -0.411 e. The van der Waals surface area contributed by atoms with Crippen LogP contribution in [0.2, 0.25) is 19.6 Å². The van der Waals surface area contributed by atoms with Crippen molar-refractivity contribution in [2.24, 2.45) is 5.92 Å². The van der Waals surface area contributed by atoms with Gasteiger partial charge >= 0.3 is 0 Å². The van der Waals surface area contributed by atoms with Crippen LogP contribution in [0.25, 0.3) is 0 Å². The van der Waals surface area contributed by atoms with Gasteiger partial charge in [-0.25, -0.2) is 0 Å². The first-order valence-electron chi connectivity index (χ1n) is 5.16. The number of Topliss-reactive ketones (excluding diaryl/α,β-unsaturated/α-hetero) is 1. The van der Waals surface area contributed by atoms with Gasteiger partial charge in [0.2, 0.25) is 0 Å². The molecule has 2 atom stereocenters. The van der Waals surface area contributed by atoms with Crippen molar-refractivity contribution < 1.29 is 9.22 Å². The highest BCUT2D eigenvalue weighted by Gasteiger charge is 2.58. The molecular formula is C10H18O2Si. The Kier molecular flexibility index (Phi) is 1.93. The molecule has 0 N–H and O–H groups in total. The van der Waals surface area contributed by atoms with Crippen LogP contribution in [0.4, 0.5) is 0 Å². The molecule has 0 spiro atoms. The van der Waals surface area contributed by atoms with E-state index in [-0.39, 0.29) is 11.5 Å². The van der Waals surface area contributed by atoms with Crippen molar-refractivity contribution in [1.82, 2.24) is 0 Å². The summed E-state index contributed by atoms with van der Waals surface area (Å²) in [6.45, 7) is 6.62. The molecule has 0 radical (unpaired) electrons. The largest absolute Gasteiger partial charge is 0.411 e. The lowest BCUT2D eigenvalue weighted by Gasteiger charge is -2.47. The molecule has 2 nitrogen and oxygen atoms in total. The third-order valence-electron chi connectivity index (χ3n) is 3.10. The maximum absolute atomic E-state index is 11.3. The second kappa shape index (κ2) is 2.67. The number of hydrogen-bond acceptors (Lipinski definition) is 2. The summed E-state index contributed by atoms with van der Waals surface area (Å²) in [4.78, 5) is 11.3. The summed E-state index contributed by atoms with van der Waals surface area (Å²) in [7, 11) is -1.47. The Balaban J connectivity index is 2.09. The van der Waals surface area contributed by atoms with Crippen molar-refractivity contribution in [2.75, 3.05) is 0 Å². The van der Waals surface area contributed by atoms with Crippen molar-refractivity contribution in [3.05, 3.63) is 0 Å². The number of ketones is 1. The first-order chi connectivity index (χ1) is 5.93. The van der Waals surface area contributed by atoms with E-state index in [0.717, 1.165) is 12.8 Å². The standard InChI is InChI=1S/C10H18O2Si/c1-13(2,3)12-10-6-4-5-8(10)9(11)7-10/h8H,4-7H2,1-3H3. The molecule has 2 rings (SSSR count). The van der Waals surface area contributed by atoms with E-state index < -0.39 is 8.32 Å². The zero-order chi connectivity index (χ0) is 9.69. The summed E-state index contributed by atoms with van der Waals surface area (Å²) in [5.41, 5.74) is 0.00154. The normalized spacial score (nSPS) is 38.7. The smallest absolute Gasteiger partial charge is 0.184 e. The van der Waals surface area contributed by atoms with Crippen LogP contribution in [0.15, 0.2) is 0 Å². The summed E-state index contributed by atoms with van der Waals surface area (Å²) in [5, 5.41) is 0. The molecule has 0 aromatic rings. The second-order valence-electron chi connectivity index (χ2n) is 5.37. The number of carbonyl (C=O) groups excluding carboxylic acids is 1. The first-order valence-corrected chi connectivity index (χ1v) is 8.57. The van der Waals surface area contributed by atoms with Crippen molar-refractivity contribution >= 4 is 14.1 Å². The van der Waals surface area contributed by atoms with Crippen molar-refractivity contribution in [3.8, 4) is 0 Å². The molecule has 2 saturated carbocycles. The predicted octanol–water partition coefficient (Wildman–Crippen LogP) is 2.35. The summed E-state index contributed by atoms with van der Waals surface area (Å²) < 4.78 is 6.17. The highest BCUT2D eigenvalue weighted by molar-refractivity contribution is 6.69. The van der Waals surface area contributed by atoms with Crippen LogP contribution in [0.3, 0.4) is 0 Å². The third kappa shape index (κ3) is 1.48. The monoisotopic (exact) mass is 198 g/mol. The van der Waals surface area contributed by atoms with Gasteiger partial charge < -0.3 is 4.43 Å². The summed E-state index contributed by atoms with van der Waals surface area (Å²) in [5.74, 6) is 0.704. The van der Waals surface area contributed by atoms with Crippen molar-refractivity contribution in [2.45, 2.75) is 50.9 Å². The van der Waals surface area contributed by atoms with E-state index in [1.54, 1.807) is 0 Å². The van der Waals surface area contributed by atoms with Gasteiger partial charge in [0, 0.05) is 12.3 Å². The molecule has 3 heteroatoms. The highest BCUT2D eigenvalue weighted by atomic mass is 28.4. The van der Waals surface area contributed by atoms with Crippen molar-refractivity contribution in [3.63, 3.8) is 0 Å². The number of hydrogen-bond donors (Lipinski definition) is 0. The van der Waals surface area contributed by atoms with Crippen LogP contribution < -0.4 is 0 Å². The lowest BCUT2D eigenvalue weighted by molar-refractivity contribution is -0.149. The van der Waals surface area contributed by atoms with E-state index in [9.17, 15) is 4.79 Å². The highest BCUT2D eigenvalue weighted by Crippen LogP contribution is 2.51. The van der Waals surface area contributed by atoms with E-state index >= 15 is 0 Å². The fourth-order valence-corrected chi connectivity index (χ4v) is 4.30. The van der Waals surface area contributed by atoms with Gasteiger partial charge in [-0.2, -0.15) is 0 Å². The topological polar surface area (TPSA) is 26.3 Å². The van der Waals surface area contributed by atoms with Gasteiger partial charge in [-0.3, -0.25) is 4.79 Å². The predicted molar refractivity (Wildman–Crippen MR) is 54.1 cm³/mol. The minimum absolute atomic E-state index is 0.00154. The van der Waals surface area contributed by atoms with Gasteiger partial charge in [0.05, 0.1) is 5.60 Å². The molecule has 0 saturated heterocycles. The fraction of sp³-hybridized carbons (Fsp3) is 0.900. The Bertz CT molecular complexity index is 244.